The van der Waals surface area contributed by atoms with Crippen molar-refractivity contribution in [3.8, 4) is 0 Å². The molecular formula is C15H18F3NO3S. The van der Waals surface area contributed by atoms with Crippen LogP contribution in [0.2, 0.25) is 0 Å². The highest BCUT2D eigenvalue weighted by atomic mass is 32.2. The second kappa shape index (κ2) is 6.51. The van der Waals surface area contributed by atoms with Gasteiger partial charge in [-0.25, -0.2) is 8.42 Å². The zero-order valence-corrected chi connectivity index (χ0v) is 13.5. The Morgan fingerprint density at radius 2 is 2.04 bits per heavy atom. The maximum Gasteiger partial charge on any atom is 0.416 e. The molecule has 0 N–H and O–H groups in total. The minimum Gasteiger partial charge on any atom is -0.335 e. The van der Waals surface area contributed by atoms with Crippen LogP contribution < -0.4 is 0 Å². The van der Waals surface area contributed by atoms with E-state index in [1.54, 1.807) is 0 Å². The smallest absolute Gasteiger partial charge is 0.335 e. The van der Waals surface area contributed by atoms with Crippen LogP contribution in [-0.2, 0) is 16.0 Å². The predicted molar refractivity (Wildman–Crippen MR) is 79.8 cm³/mol. The lowest BCUT2D eigenvalue weighted by atomic mass is 10.1. The summed E-state index contributed by atoms with van der Waals surface area (Å²) in [6, 6.07) is 3.76. The van der Waals surface area contributed by atoms with Crippen LogP contribution in [0.5, 0.6) is 0 Å². The molecule has 0 radical (unpaired) electrons. The van der Waals surface area contributed by atoms with Gasteiger partial charge in [-0.1, -0.05) is 13.0 Å². The van der Waals surface area contributed by atoms with Gasteiger partial charge < -0.3 is 4.90 Å². The number of alkyl halides is 3. The summed E-state index contributed by atoms with van der Waals surface area (Å²) in [5.41, 5.74) is -0.962. The fourth-order valence-electron chi connectivity index (χ4n) is 2.71. The van der Waals surface area contributed by atoms with Gasteiger partial charge in [0.05, 0.1) is 17.1 Å². The summed E-state index contributed by atoms with van der Waals surface area (Å²) in [7, 11) is -3.18. The molecule has 0 spiro atoms. The van der Waals surface area contributed by atoms with E-state index in [0.29, 0.717) is 19.4 Å². The molecule has 8 heteroatoms. The molecule has 1 aliphatic heterocycles. The quantitative estimate of drug-likeness (QED) is 0.840. The van der Waals surface area contributed by atoms with Gasteiger partial charge in [0, 0.05) is 18.2 Å². The Labute approximate surface area is 133 Å². The van der Waals surface area contributed by atoms with Gasteiger partial charge in [0.1, 0.15) is 0 Å². The standard InChI is InChI=1S/C15H18F3NO3S/c1-2-7-19(13-6-8-23(21,22)10-13)14(20)11-4-3-5-12(9-11)15(16,17)18/h3-5,9,13H,2,6-8,10H2,1H3. The van der Waals surface area contributed by atoms with Crippen molar-refractivity contribution in [1.82, 2.24) is 4.90 Å². The zero-order chi connectivity index (χ0) is 17.3. The Morgan fingerprint density at radius 1 is 1.35 bits per heavy atom. The van der Waals surface area contributed by atoms with E-state index < -0.39 is 33.5 Å². The molecule has 1 fully saturated rings. The van der Waals surface area contributed by atoms with E-state index in [0.717, 1.165) is 12.1 Å². The Balaban J connectivity index is 2.28. The molecule has 1 aliphatic rings. The topological polar surface area (TPSA) is 54.5 Å². The van der Waals surface area contributed by atoms with Crippen LogP contribution in [0.15, 0.2) is 24.3 Å². The monoisotopic (exact) mass is 349 g/mol. The Morgan fingerprint density at radius 3 is 2.57 bits per heavy atom. The number of halogens is 3. The highest BCUT2D eigenvalue weighted by Crippen LogP contribution is 2.30. The first-order valence-electron chi connectivity index (χ1n) is 7.32. The molecule has 128 valence electrons. The molecule has 1 unspecified atom stereocenters. The number of nitrogens with zero attached hydrogens (tertiary/aromatic N) is 1. The second-order valence-corrected chi connectivity index (χ2v) is 7.86. The van der Waals surface area contributed by atoms with Gasteiger partial charge in [-0.05, 0) is 31.0 Å². The summed E-state index contributed by atoms with van der Waals surface area (Å²) in [6.45, 7) is 2.14. The first kappa shape index (κ1) is 17.8. The van der Waals surface area contributed by atoms with Crippen molar-refractivity contribution in [3.05, 3.63) is 35.4 Å². The summed E-state index contributed by atoms with van der Waals surface area (Å²) < 4.78 is 61.6. The average molecular weight is 349 g/mol. The Hall–Kier alpha value is -1.57. The molecule has 2 rings (SSSR count). The summed E-state index contributed by atoms with van der Waals surface area (Å²) in [4.78, 5) is 14.0. The van der Waals surface area contributed by atoms with Crippen LogP contribution in [0.1, 0.15) is 35.7 Å². The van der Waals surface area contributed by atoms with Crippen molar-refractivity contribution < 1.29 is 26.4 Å². The number of hydrogen-bond acceptors (Lipinski definition) is 3. The third kappa shape index (κ3) is 4.25. The first-order valence-corrected chi connectivity index (χ1v) is 9.15. The highest BCUT2D eigenvalue weighted by molar-refractivity contribution is 7.91. The summed E-state index contributed by atoms with van der Waals surface area (Å²) in [6.07, 6.45) is -3.60. The molecular weight excluding hydrogens is 331 g/mol. The molecule has 1 amide bonds. The minimum absolute atomic E-state index is 0.00769. The highest BCUT2D eigenvalue weighted by Gasteiger charge is 2.36. The first-order chi connectivity index (χ1) is 10.6. The number of carbonyl (C=O) groups is 1. The normalized spacial score (nSPS) is 20.4. The van der Waals surface area contributed by atoms with Crippen molar-refractivity contribution in [2.75, 3.05) is 18.1 Å². The zero-order valence-electron chi connectivity index (χ0n) is 12.6. The van der Waals surface area contributed by atoms with Crippen molar-refractivity contribution in [3.63, 3.8) is 0 Å². The van der Waals surface area contributed by atoms with Crippen LogP contribution in [0, 0.1) is 0 Å². The Bertz CT molecular complexity index is 685. The van der Waals surface area contributed by atoms with Gasteiger partial charge in [0.25, 0.3) is 5.91 Å². The molecule has 0 saturated carbocycles. The summed E-state index contributed by atoms with van der Waals surface area (Å²) >= 11 is 0. The maximum atomic E-state index is 12.8. The third-order valence-corrected chi connectivity index (χ3v) is 5.56. The number of benzene rings is 1. The molecule has 1 saturated heterocycles. The van der Waals surface area contributed by atoms with Gasteiger partial charge in [-0.15, -0.1) is 0 Å². The van der Waals surface area contributed by atoms with Crippen LogP contribution in [0.25, 0.3) is 0 Å². The molecule has 1 heterocycles. The van der Waals surface area contributed by atoms with Crippen LogP contribution in [0.3, 0.4) is 0 Å². The van der Waals surface area contributed by atoms with Crippen molar-refractivity contribution in [1.29, 1.82) is 0 Å². The molecule has 1 atom stereocenters. The lowest BCUT2D eigenvalue weighted by molar-refractivity contribution is -0.137. The van der Waals surface area contributed by atoms with Crippen LogP contribution in [-0.4, -0.2) is 43.3 Å². The van der Waals surface area contributed by atoms with Gasteiger partial charge in [0.15, 0.2) is 9.84 Å². The summed E-state index contributed by atoms with van der Waals surface area (Å²) in [5, 5.41) is 0. The van der Waals surface area contributed by atoms with E-state index >= 15 is 0 Å². The number of rotatable bonds is 4. The van der Waals surface area contributed by atoms with Crippen molar-refractivity contribution in [2.45, 2.75) is 32.0 Å². The predicted octanol–water partition coefficient (Wildman–Crippen LogP) is 2.74. The number of amides is 1. The van der Waals surface area contributed by atoms with Crippen LogP contribution in [0.4, 0.5) is 13.2 Å². The van der Waals surface area contributed by atoms with Crippen LogP contribution >= 0.6 is 0 Å². The molecule has 0 aromatic heterocycles. The molecule has 1 aromatic carbocycles. The van der Waals surface area contributed by atoms with E-state index in [-0.39, 0.29) is 17.1 Å². The van der Waals surface area contributed by atoms with Gasteiger partial charge in [-0.3, -0.25) is 4.79 Å². The van der Waals surface area contributed by atoms with Gasteiger partial charge in [-0.2, -0.15) is 13.2 Å². The molecule has 1 aromatic rings. The van der Waals surface area contributed by atoms with E-state index in [2.05, 4.69) is 0 Å². The fraction of sp³-hybridized carbons (Fsp3) is 0.533. The van der Waals surface area contributed by atoms with E-state index in [1.807, 2.05) is 6.92 Å². The maximum absolute atomic E-state index is 12.8. The third-order valence-electron chi connectivity index (χ3n) is 3.81. The summed E-state index contributed by atoms with van der Waals surface area (Å²) in [5.74, 6) is -0.675. The minimum atomic E-state index is -4.53. The lowest BCUT2D eigenvalue weighted by Crippen LogP contribution is -2.41. The van der Waals surface area contributed by atoms with E-state index in [9.17, 15) is 26.4 Å². The van der Waals surface area contributed by atoms with E-state index in [1.165, 1.54) is 17.0 Å². The lowest BCUT2D eigenvalue weighted by Gasteiger charge is -2.28. The number of hydrogen-bond donors (Lipinski definition) is 0. The SMILES string of the molecule is CCCN(C(=O)c1cccc(C(F)(F)F)c1)C1CCS(=O)(=O)C1. The largest absolute Gasteiger partial charge is 0.416 e. The van der Waals surface area contributed by atoms with E-state index in [4.69, 9.17) is 0 Å². The average Bonchev–Trinajstić information content (AvgIpc) is 2.83. The van der Waals surface area contributed by atoms with Gasteiger partial charge >= 0.3 is 6.18 Å². The molecule has 4 nitrogen and oxygen atoms in total. The van der Waals surface area contributed by atoms with Gasteiger partial charge in [0.2, 0.25) is 0 Å². The van der Waals surface area contributed by atoms with Crippen molar-refractivity contribution in [2.24, 2.45) is 0 Å². The molecule has 23 heavy (non-hydrogen) atoms. The second-order valence-electron chi connectivity index (χ2n) is 5.63. The molecule has 0 bridgehead atoms. The molecule has 0 aliphatic carbocycles. The fourth-order valence-corrected chi connectivity index (χ4v) is 4.44. The Kier molecular flexibility index (Phi) is 5.03. The van der Waals surface area contributed by atoms with Crippen molar-refractivity contribution >= 4 is 15.7 Å². The number of carbonyl (C=O) groups excluding carboxylic acids is 1. The number of sulfone groups is 1.